The Morgan fingerprint density at radius 1 is 0.818 bits per heavy atom. The number of hydrogen-bond acceptors (Lipinski definition) is 4. The molecule has 4 heteroatoms. The third-order valence-corrected chi connectivity index (χ3v) is 3.62. The minimum atomic E-state index is 0.591. The van der Waals surface area contributed by atoms with E-state index in [0.29, 0.717) is 17.2 Å². The molecule has 22 heavy (non-hydrogen) atoms. The van der Waals surface area contributed by atoms with Gasteiger partial charge < -0.3 is 14.2 Å². The van der Waals surface area contributed by atoms with Crippen molar-refractivity contribution < 1.29 is 14.2 Å². The van der Waals surface area contributed by atoms with Gasteiger partial charge in [-0.15, -0.1) is 0 Å². The number of rotatable bonds is 4. The fourth-order valence-electron chi connectivity index (χ4n) is 2.57. The second-order valence-corrected chi connectivity index (χ2v) is 4.79. The zero-order chi connectivity index (χ0) is 15.5. The molecular weight excluding hydrogens is 278 g/mol. The predicted molar refractivity (Wildman–Crippen MR) is 86.8 cm³/mol. The second-order valence-electron chi connectivity index (χ2n) is 4.79. The first-order valence-electron chi connectivity index (χ1n) is 6.92. The third-order valence-electron chi connectivity index (χ3n) is 3.62. The van der Waals surface area contributed by atoms with E-state index in [1.165, 1.54) is 0 Å². The number of ether oxygens (including phenoxy) is 3. The Labute approximate surface area is 129 Å². The van der Waals surface area contributed by atoms with Gasteiger partial charge in [0.2, 0.25) is 5.75 Å². The van der Waals surface area contributed by atoms with Crippen molar-refractivity contribution in [3.8, 4) is 28.4 Å². The van der Waals surface area contributed by atoms with E-state index in [2.05, 4.69) is 11.1 Å². The number of nitrogens with zero attached hydrogens (tertiary/aromatic N) is 1. The van der Waals surface area contributed by atoms with Gasteiger partial charge in [-0.1, -0.05) is 12.1 Å². The Morgan fingerprint density at radius 2 is 1.64 bits per heavy atom. The number of hydrogen-bond donors (Lipinski definition) is 0. The third kappa shape index (κ3) is 2.33. The van der Waals surface area contributed by atoms with Crippen LogP contribution in [0.25, 0.3) is 22.0 Å². The van der Waals surface area contributed by atoms with E-state index in [0.717, 1.165) is 22.0 Å². The summed E-state index contributed by atoms with van der Waals surface area (Å²) >= 11 is 0. The molecular formula is C18H17NO3. The molecule has 4 nitrogen and oxygen atoms in total. The predicted octanol–water partition coefficient (Wildman–Crippen LogP) is 3.93. The summed E-state index contributed by atoms with van der Waals surface area (Å²) in [5, 5.41) is 1.08. The van der Waals surface area contributed by atoms with Crippen LogP contribution in [0.5, 0.6) is 17.2 Å². The average molecular weight is 295 g/mol. The summed E-state index contributed by atoms with van der Waals surface area (Å²) in [5.41, 5.74) is 2.95. The molecule has 3 aromatic rings. The summed E-state index contributed by atoms with van der Waals surface area (Å²) in [5.74, 6) is 1.89. The molecule has 3 rings (SSSR count). The molecule has 0 atom stereocenters. The van der Waals surface area contributed by atoms with Gasteiger partial charge in [0.1, 0.15) is 0 Å². The van der Waals surface area contributed by atoms with Crippen LogP contribution in [0.15, 0.2) is 48.7 Å². The van der Waals surface area contributed by atoms with Crippen molar-refractivity contribution in [1.82, 2.24) is 4.98 Å². The minimum absolute atomic E-state index is 0.591. The van der Waals surface area contributed by atoms with Crippen LogP contribution < -0.4 is 14.2 Å². The summed E-state index contributed by atoms with van der Waals surface area (Å²) in [6, 6.07) is 13.9. The maximum absolute atomic E-state index is 5.56. The van der Waals surface area contributed by atoms with Crippen LogP contribution in [-0.2, 0) is 0 Å². The van der Waals surface area contributed by atoms with E-state index in [1.54, 1.807) is 27.5 Å². The van der Waals surface area contributed by atoms with E-state index in [4.69, 9.17) is 14.2 Å². The molecule has 1 aromatic heterocycles. The molecule has 0 aliphatic heterocycles. The van der Waals surface area contributed by atoms with E-state index < -0.39 is 0 Å². The van der Waals surface area contributed by atoms with E-state index in [1.807, 2.05) is 36.4 Å². The summed E-state index contributed by atoms with van der Waals surface area (Å²) in [4.78, 5) is 4.34. The molecule has 112 valence electrons. The van der Waals surface area contributed by atoms with Gasteiger partial charge in [-0.2, -0.15) is 0 Å². The van der Waals surface area contributed by atoms with Crippen LogP contribution in [0.3, 0.4) is 0 Å². The molecule has 1 heterocycles. The molecule has 0 N–H and O–H groups in total. The first kappa shape index (κ1) is 14.2. The minimum Gasteiger partial charge on any atom is -0.493 e. The largest absolute Gasteiger partial charge is 0.493 e. The Bertz CT molecular complexity index is 815. The lowest BCUT2D eigenvalue weighted by atomic mass is 10.0. The quantitative estimate of drug-likeness (QED) is 0.731. The summed E-state index contributed by atoms with van der Waals surface area (Å²) < 4.78 is 16.3. The molecule has 0 radical (unpaired) electrons. The van der Waals surface area contributed by atoms with Gasteiger partial charge in [-0.3, -0.25) is 4.98 Å². The van der Waals surface area contributed by atoms with Gasteiger partial charge in [0, 0.05) is 17.1 Å². The van der Waals surface area contributed by atoms with Crippen molar-refractivity contribution in [2.75, 3.05) is 21.3 Å². The van der Waals surface area contributed by atoms with Crippen LogP contribution in [0.4, 0.5) is 0 Å². The highest BCUT2D eigenvalue weighted by atomic mass is 16.5. The van der Waals surface area contributed by atoms with Crippen molar-refractivity contribution in [3.05, 3.63) is 48.7 Å². The summed E-state index contributed by atoms with van der Waals surface area (Å²) in [6.45, 7) is 0. The molecule has 0 amide bonds. The molecule has 2 aromatic carbocycles. The van der Waals surface area contributed by atoms with Gasteiger partial charge in [-0.05, 0) is 35.9 Å². The molecule has 0 spiro atoms. The standard InChI is InChI=1S/C18H17NO3/c1-20-16-9-7-14(17(21-2)18(16)22-3)12-6-8-15-13(11-12)5-4-10-19-15/h4-11H,1-3H3. The number of benzene rings is 2. The summed E-state index contributed by atoms with van der Waals surface area (Å²) in [7, 11) is 4.84. The zero-order valence-electron chi connectivity index (χ0n) is 12.8. The molecule has 0 saturated carbocycles. The lowest BCUT2D eigenvalue weighted by Gasteiger charge is -2.16. The van der Waals surface area contributed by atoms with Crippen molar-refractivity contribution >= 4 is 10.9 Å². The van der Waals surface area contributed by atoms with E-state index >= 15 is 0 Å². The fraction of sp³-hybridized carbons (Fsp3) is 0.167. The highest BCUT2D eigenvalue weighted by Crippen LogP contribution is 2.44. The molecule has 0 saturated heterocycles. The van der Waals surface area contributed by atoms with E-state index in [-0.39, 0.29) is 0 Å². The highest BCUT2D eigenvalue weighted by molar-refractivity contribution is 5.86. The van der Waals surface area contributed by atoms with Crippen molar-refractivity contribution in [1.29, 1.82) is 0 Å². The molecule has 0 aliphatic carbocycles. The Balaban J connectivity index is 2.21. The number of methoxy groups -OCH3 is 3. The topological polar surface area (TPSA) is 40.6 Å². The van der Waals surface area contributed by atoms with Crippen molar-refractivity contribution in [2.24, 2.45) is 0 Å². The normalized spacial score (nSPS) is 10.5. The zero-order valence-corrected chi connectivity index (χ0v) is 12.8. The van der Waals surface area contributed by atoms with Crippen molar-refractivity contribution in [3.63, 3.8) is 0 Å². The average Bonchev–Trinajstić information content (AvgIpc) is 2.59. The van der Waals surface area contributed by atoms with Gasteiger partial charge >= 0.3 is 0 Å². The highest BCUT2D eigenvalue weighted by Gasteiger charge is 2.17. The molecule has 0 fully saturated rings. The van der Waals surface area contributed by atoms with Gasteiger partial charge in [0.05, 0.1) is 26.8 Å². The maximum atomic E-state index is 5.56. The second kappa shape index (κ2) is 5.93. The maximum Gasteiger partial charge on any atom is 0.203 e. The smallest absolute Gasteiger partial charge is 0.203 e. The summed E-state index contributed by atoms with van der Waals surface area (Å²) in [6.07, 6.45) is 1.79. The lowest BCUT2D eigenvalue weighted by Crippen LogP contribution is -1.96. The van der Waals surface area contributed by atoms with Crippen molar-refractivity contribution in [2.45, 2.75) is 0 Å². The first-order chi connectivity index (χ1) is 10.8. The lowest BCUT2D eigenvalue weighted by molar-refractivity contribution is 0.325. The van der Waals surface area contributed by atoms with Crippen LogP contribution in [0.2, 0.25) is 0 Å². The number of pyridine rings is 1. The van der Waals surface area contributed by atoms with Gasteiger partial charge in [0.15, 0.2) is 11.5 Å². The van der Waals surface area contributed by atoms with Crippen LogP contribution in [-0.4, -0.2) is 26.3 Å². The van der Waals surface area contributed by atoms with Crippen LogP contribution in [0, 0.1) is 0 Å². The fourth-order valence-corrected chi connectivity index (χ4v) is 2.57. The Kier molecular flexibility index (Phi) is 3.83. The van der Waals surface area contributed by atoms with Gasteiger partial charge in [0.25, 0.3) is 0 Å². The van der Waals surface area contributed by atoms with Crippen LogP contribution in [0.1, 0.15) is 0 Å². The van der Waals surface area contributed by atoms with E-state index in [9.17, 15) is 0 Å². The monoisotopic (exact) mass is 295 g/mol. The van der Waals surface area contributed by atoms with Gasteiger partial charge in [-0.25, -0.2) is 0 Å². The molecule has 0 bridgehead atoms. The molecule has 0 aliphatic rings. The number of aromatic nitrogens is 1. The first-order valence-corrected chi connectivity index (χ1v) is 6.92. The Morgan fingerprint density at radius 3 is 2.36 bits per heavy atom. The Hall–Kier alpha value is -2.75. The molecule has 0 unspecified atom stereocenters. The number of fused-ring (bicyclic) bond motifs is 1. The SMILES string of the molecule is COc1ccc(-c2ccc3ncccc3c2)c(OC)c1OC. The van der Waals surface area contributed by atoms with Crippen LogP contribution >= 0.6 is 0 Å².